The van der Waals surface area contributed by atoms with E-state index in [0.717, 1.165) is 10.9 Å². The van der Waals surface area contributed by atoms with E-state index >= 15 is 0 Å². The van der Waals surface area contributed by atoms with E-state index in [1.807, 2.05) is 17.8 Å². The molecule has 2 nitrogen and oxygen atoms in total. The molecule has 94 valence electrons. The summed E-state index contributed by atoms with van der Waals surface area (Å²) in [5.41, 5.74) is 8.06. The summed E-state index contributed by atoms with van der Waals surface area (Å²) in [6.45, 7) is 4.71. The van der Waals surface area contributed by atoms with Gasteiger partial charge in [-0.05, 0) is 56.8 Å². The van der Waals surface area contributed by atoms with Gasteiger partial charge >= 0.3 is 0 Å². The molecular weight excluding hydrogens is 228 g/mol. The molecule has 1 fully saturated rings. The Morgan fingerprint density at radius 3 is 2.65 bits per heavy atom. The smallest absolute Gasteiger partial charge is 0.0320 e. The molecular formula is C14H22N2S. The monoisotopic (exact) mass is 250 g/mol. The topological polar surface area (TPSA) is 29.3 Å². The fourth-order valence-corrected chi connectivity index (χ4v) is 3.21. The Kier molecular flexibility index (Phi) is 4.35. The molecule has 1 aliphatic rings. The highest BCUT2D eigenvalue weighted by atomic mass is 32.2. The Morgan fingerprint density at radius 2 is 2.06 bits per heavy atom. The third-order valence-electron chi connectivity index (χ3n) is 3.75. The second kappa shape index (κ2) is 5.78. The second-order valence-corrected chi connectivity index (χ2v) is 5.96. The number of nitrogen functional groups attached to an aromatic ring is 1. The molecule has 0 saturated carbocycles. The zero-order chi connectivity index (χ0) is 12.3. The average molecular weight is 250 g/mol. The van der Waals surface area contributed by atoms with Gasteiger partial charge in [0, 0.05) is 17.0 Å². The lowest BCUT2D eigenvalue weighted by Crippen LogP contribution is -2.36. The lowest BCUT2D eigenvalue weighted by atomic mass is 10.0. The normalized spacial score (nSPS) is 20.4. The molecule has 0 spiro atoms. The fourth-order valence-electron chi connectivity index (χ4n) is 2.53. The van der Waals surface area contributed by atoms with E-state index in [2.05, 4.69) is 36.3 Å². The van der Waals surface area contributed by atoms with Gasteiger partial charge in [0.1, 0.15) is 0 Å². The molecule has 0 bridgehead atoms. The van der Waals surface area contributed by atoms with Gasteiger partial charge in [0.15, 0.2) is 0 Å². The standard InChI is InChI=1S/C14H22N2S/c1-11(12-4-3-5-13(15)10-12)16-8-6-14(17-2)7-9-16/h3-5,10-11,14H,6-9,15H2,1-2H3. The van der Waals surface area contributed by atoms with E-state index in [1.165, 1.54) is 31.5 Å². The summed E-state index contributed by atoms with van der Waals surface area (Å²) in [5, 5.41) is 0.860. The summed E-state index contributed by atoms with van der Waals surface area (Å²) in [4.78, 5) is 2.57. The predicted octanol–water partition coefficient (Wildman–Crippen LogP) is 3.16. The fraction of sp³-hybridized carbons (Fsp3) is 0.571. The molecule has 17 heavy (non-hydrogen) atoms. The van der Waals surface area contributed by atoms with E-state index in [0.29, 0.717) is 6.04 Å². The summed E-state index contributed by atoms with van der Waals surface area (Å²) in [7, 11) is 0. The molecule has 0 aliphatic carbocycles. The molecule has 1 aromatic rings. The first-order valence-corrected chi connectivity index (χ1v) is 7.62. The van der Waals surface area contributed by atoms with Crippen LogP contribution in [0.2, 0.25) is 0 Å². The van der Waals surface area contributed by atoms with Gasteiger partial charge in [0.2, 0.25) is 0 Å². The quantitative estimate of drug-likeness (QED) is 0.836. The van der Waals surface area contributed by atoms with E-state index in [4.69, 9.17) is 5.73 Å². The third-order valence-corrected chi connectivity index (χ3v) is 4.89. The van der Waals surface area contributed by atoms with Crippen LogP contribution in [0.25, 0.3) is 0 Å². The average Bonchev–Trinajstić information content (AvgIpc) is 2.38. The minimum atomic E-state index is 0.487. The second-order valence-electron chi connectivity index (χ2n) is 4.82. The highest BCUT2D eigenvalue weighted by Gasteiger charge is 2.22. The molecule has 1 unspecified atom stereocenters. The van der Waals surface area contributed by atoms with Crippen LogP contribution in [0.3, 0.4) is 0 Å². The Bertz CT molecular complexity index is 359. The highest BCUT2D eigenvalue weighted by Crippen LogP contribution is 2.28. The number of hydrogen-bond acceptors (Lipinski definition) is 3. The molecule has 3 heteroatoms. The summed E-state index contributed by atoms with van der Waals surface area (Å²) >= 11 is 2.01. The molecule has 2 rings (SSSR count). The predicted molar refractivity (Wildman–Crippen MR) is 77.4 cm³/mol. The number of nitrogens with zero attached hydrogens (tertiary/aromatic N) is 1. The number of piperidine rings is 1. The SMILES string of the molecule is CSC1CCN(C(C)c2cccc(N)c2)CC1. The van der Waals surface area contributed by atoms with Crippen molar-refractivity contribution >= 4 is 17.4 Å². The van der Waals surface area contributed by atoms with Gasteiger partial charge in [-0.3, -0.25) is 4.90 Å². The van der Waals surface area contributed by atoms with Gasteiger partial charge in [-0.25, -0.2) is 0 Å². The lowest BCUT2D eigenvalue weighted by molar-refractivity contribution is 0.178. The Morgan fingerprint density at radius 1 is 1.35 bits per heavy atom. The number of nitrogens with two attached hydrogens (primary N) is 1. The Balaban J connectivity index is 1.99. The number of hydrogen-bond donors (Lipinski definition) is 1. The zero-order valence-electron chi connectivity index (χ0n) is 10.7. The van der Waals surface area contributed by atoms with Crippen molar-refractivity contribution in [1.29, 1.82) is 0 Å². The first-order chi connectivity index (χ1) is 8.20. The van der Waals surface area contributed by atoms with Crippen molar-refractivity contribution in [3.8, 4) is 0 Å². The van der Waals surface area contributed by atoms with Crippen LogP contribution < -0.4 is 5.73 Å². The van der Waals surface area contributed by atoms with Crippen molar-refractivity contribution in [3.05, 3.63) is 29.8 Å². The highest BCUT2D eigenvalue weighted by molar-refractivity contribution is 7.99. The molecule has 1 heterocycles. The van der Waals surface area contributed by atoms with Crippen LogP contribution in [-0.2, 0) is 0 Å². The van der Waals surface area contributed by atoms with Crippen LogP contribution >= 0.6 is 11.8 Å². The number of benzene rings is 1. The van der Waals surface area contributed by atoms with Crippen LogP contribution in [0.1, 0.15) is 31.4 Å². The summed E-state index contributed by atoms with van der Waals surface area (Å²) in [6, 6.07) is 8.78. The van der Waals surface area contributed by atoms with Gasteiger partial charge in [0.25, 0.3) is 0 Å². The summed E-state index contributed by atoms with van der Waals surface area (Å²) < 4.78 is 0. The molecule has 1 atom stereocenters. The molecule has 0 amide bonds. The maximum Gasteiger partial charge on any atom is 0.0320 e. The number of rotatable bonds is 3. The van der Waals surface area contributed by atoms with Gasteiger partial charge in [-0.15, -0.1) is 0 Å². The van der Waals surface area contributed by atoms with Gasteiger partial charge in [-0.1, -0.05) is 12.1 Å². The molecule has 1 saturated heterocycles. The zero-order valence-corrected chi connectivity index (χ0v) is 11.5. The summed E-state index contributed by atoms with van der Waals surface area (Å²) in [6.07, 6.45) is 4.85. The van der Waals surface area contributed by atoms with E-state index in [-0.39, 0.29) is 0 Å². The van der Waals surface area contributed by atoms with Crippen LogP contribution in [0.5, 0.6) is 0 Å². The lowest BCUT2D eigenvalue weighted by Gasteiger charge is -2.35. The third kappa shape index (κ3) is 3.17. The van der Waals surface area contributed by atoms with Crippen molar-refractivity contribution in [2.45, 2.75) is 31.1 Å². The minimum absolute atomic E-state index is 0.487. The Labute approximate surface area is 109 Å². The number of likely N-dealkylation sites (tertiary alicyclic amines) is 1. The Hall–Kier alpha value is -0.670. The van der Waals surface area contributed by atoms with Crippen molar-refractivity contribution in [1.82, 2.24) is 4.90 Å². The van der Waals surface area contributed by atoms with E-state index < -0.39 is 0 Å². The van der Waals surface area contributed by atoms with Crippen molar-refractivity contribution in [2.75, 3.05) is 25.1 Å². The molecule has 2 N–H and O–H groups in total. The minimum Gasteiger partial charge on any atom is -0.399 e. The molecule has 1 aliphatic heterocycles. The molecule has 1 aromatic carbocycles. The molecule has 0 radical (unpaired) electrons. The van der Waals surface area contributed by atoms with Crippen LogP contribution in [0.4, 0.5) is 5.69 Å². The van der Waals surface area contributed by atoms with Gasteiger partial charge < -0.3 is 5.73 Å². The first-order valence-electron chi connectivity index (χ1n) is 6.33. The molecule has 0 aromatic heterocycles. The first kappa shape index (κ1) is 12.8. The number of thioether (sulfide) groups is 1. The van der Waals surface area contributed by atoms with Gasteiger partial charge in [0.05, 0.1) is 0 Å². The van der Waals surface area contributed by atoms with E-state index in [9.17, 15) is 0 Å². The van der Waals surface area contributed by atoms with Crippen molar-refractivity contribution in [3.63, 3.8) is 0 Å². The van der Waals surface area contributed by atoms with Crippen LogP contribution in [0.15, 0.2) is 24.3 Å². The van der Waals surface area contributed by atoms with Crippen LogP contribution in [-0.4, -0.2) is 29.5 Å². The summed E-state index contributed by atoms with van der Waals surface area (Å²) in [5.74, 6) is 0. The largest absolute Gasteiger partial charge is 0.399 e. The maximum atomic E-state index is 5.85. The van der Waals surface area contributed by atoms with Gasteiger partial charge in [-0.2, -0.15) is 11.8 Å². The van der Waals surface area contributed by atoms with Crippen molar-refractivity contribution < 1.29 is 0 Å². The van der Waals surface area contributed by atoms with Crippen LogP contribution in [0, 0.1) is 0 Å². The number of anilines is 1. The van der Waals surface area contributed by atoms with E-state index in [1.54, 1.807) is 0 Å². The van der Waals surface area contributed by atoms with Crippen molar-refractivity contribution in [2.24, 2.45) is 0 Å². The maximum absolute atomic E-state index is 5.85.